The van der Waals surface area contributed by atoms with Gasteiger partial charge in [-0.25, -0.2) is 9.37 Å². The van der Waals surface area contributed by atoms with Crippen molar-refractivity contribution in [3.8, 4) is 0 Å². The Morgan fingerprint density at radius 3 is 2.79 bits per heavy atom. The summed E-state index contributed by atoms with van der Waals surface area (Å²) in [6.45, 7) is 3.65. The van der Waals surface area contributed by atoms with Gasteiger partial charge in [0.05, 0.1) is 27.9 Å². The molecule has 0 bridgehead atoms. The van der Waals surface area contributed by atoms with Crippen LogP contribution in [0.25, 0.3) is 16.6 Å². The van der Waals surface area contributed by atoms with E-state index in [1.54, 1.807) is 23.2 Å². The lowest BCUT2D eigenvalue weighted by Crippen LogP contribution is -2.29. The summed E-state index contributed by atoms with van der Waals surface area (Å²) in [7, 11) is 0. The number of carbonyl (C=O) groups is 1. The number of ether oxygens (including phenoxy) is 1. The molecule has 2 aliphatic rings. The van der Waals surface area contributed by atoms with Crippen molar-refractivity contribution >= 4 is 39.7 Å². The number of aromatic amines is 1. The Kier molecular flexibility index (Phi) is 4.97. The van der Waals surface area contributed by atoms with Gasteiger partial charge in [-0.1, -0.05) is 11.6 Å². The summed E-state index contributed by atoms with van der Waals surface area (Å²) in [5.74, 6) is 0.248. The van der Waals surface area contributed by atoms with Crippen molar-refractivity contribution in [2.24, 2.45) is 0 Å². The molecule has 1 fully saturated rings. The third-order valence-corrected chi connectivity index (χ3v) is 7.22. The molecule has 2 aromatic carbocycles. The number of carbonyl (C=O) groups excluding carboxylic acids is 1. The third kappa shape index (κ3) is 3.24. The lowest BCUT2D eigenvalue weighted by Gasteiger charge is -2.22. The number of benzene rings is 2. The van der Waals surface area contributed by atoms with E-state index in [2.05, 4.69) is 9.97 Å². The van der Waals surface area contributed by atoms with Gasteiger partial charge in [0.2, 0.25) is 0 Å². The first-order chi connectivity index (χ1) is 16.4. The number of fused-ring (bicyclic) bond motifs is 4. The Morgan fingerprint density at radius 2 is 2.00 bits per heavy atom. The highest BCUT2D eigenvalue weighted by Gasteiger charge is 2.29. The molecule has 0 spiro atoms. The van der Waals surface area contributed by atoms with Crippen molar-refractivity contribution in [2.75, 3.05) is 24.7 Å². The zero-order valence-corrected chi connectivity index (χ0v) is 19.3. The molecule has 1 N–H and O–H groups in total. The molecule has 4 aromatic rings. The highest BCUT2D eigenvalue weighted by atomic mass is 35.5. The van der Waals surface area contributed by atoms with E-state index < -0.39 is 5.82 Å². The van der Waals surface area contributed by atoms with Crippen molar-refractivity contribution in [1.29, 1.82) is 0 Å². The number of nitrogens with zero attached hydrogens (tertiary/aromatic N) is 3. The molecule has 0 aliphatic carbocycles. The number of aromatic nitrogens is 3. The highest BCUT2D eigenvalue weighted by Crippen LogP contribution is 2.34. The second-order valence-electron chi connectivity index (χ2n) is 8.96. The van der Waals surface area contributed by atoms with E-state index in [-0.39, 0.29) is 22.4 Å². The Labute approximate surface area is 199 Å². The third-order valence-electron chi connectivity index (χ3n) is 6.93. The molecule has 2 aliphatic heterocycles. The van der Waals surface area contributed by atoms with Crippen LogP contribution < -0.4 is 10.5 Å². The number of aryl methyl sites for hydroxylation is 1. The van der Waals surface area contributed by atoms with Gasteiger partial charge in [0, 0.05) is 31.2 Å². The molecular formula is C25H22ClFN4O3. The maximum Gasteiger partial charge on any atom is 0.274 e. The van der Waals surface area contributed by atoms with Crippen LogP contribution in [0.2, 0.25) is 5.02 Å². The summed E-state index contributed by atoms with van der Waals surface area (Å²) in [5.41, 5.74) is 4.16. The van der Waals surface area contributed by atoms with Crippen LogP contribution in [0.15, 0.2) is 35.3 Å². The van der Waals surface area contributed by atoms with E-state index in [0.717, 1.165) is 35.3 Å². The molecule has 0 unspecified atom stereocenters. The average molecular weight is 481 g/mol. The Bertz CT molecular complexity index is 1540. The molecule has 0 atom stereocenters. The van der Waals surface area contributed by atoms with Crippen LogP contribution in [-0.2, 0) is 11.2 Å². The fourth-order valence-corrected chi connectivity index (χ4v) is 5.34. The lowest BCUT2D eigenvalue weighted by atomic mass is 9.99. The van der Waals surface area contributed by atoms with Crippen molar-refractivity contribution in [3.05, 3.63) is 74.2 Å². The van der Waals surface area contributed by atoms with Gasteiger partial charge in [0.1, 0.15) is 17.2 Å². The summed E-state index contributed by atoms with van der Waals surface area (Å²) >= 11 is 5.92. The van der Waals surface area contributed by atoms with Crippen LogP contribution in [0.3, 0.4) is 0 Å². The van der Waals surface area contributed by atoms with Gasteiger partial charge in [0.25, 0.3) is 11.5 Å². The Hall–Kier alpha value is -3.23. The summed E-state index contributed by atoms with van der Waals surface area (Å²) in [6.07, 6.45) is 3.91. The molecule has 0 radical (unpaired) electrons. The van der Waals surface area contributed by atoms with E-state index in [1.807, 2.05) is 17.4 Å². The van der Waals surface area contributed by atoms with E-state index in [1.165, 1.54) is 6.07 Å². The molecule has 1 amide bonds. The molecular weight excluding hydrogens is 459 g/mol. The van der Waals surface area contributed by atoms with Crippen molar-refractivity contribution in [1.82, 2.24) is 14.4 Å². The smallest absolute Gasteiger partial charge is 0.274 e. The molecule has 174 valence electrons. The topological polar surface area (TPSA) is 79.7 Å². The Morgan fingerprint density at radius 1 is 1.21 bits per heavy atom. The molecule has 0 saturated carbocycles. The number of H-pyrrole nitrogens is 1. The predicted octanol–water partition coefficient (Wildman–Crippen LogP) is 4.37. The second-order valence-corrected chi connectivity index (χ2v) is 9.37. The van der Waals surface area contributed by atoms with Gasteiger partial charge >= 0.3 is 0 Å². The fourth-order valence-electron chi connectivity index (χ4n) is 5.16. The van der Waals surface area contributed by atoms with Crippen LogP contribution in [0.5, 0.6) is 0 Å². The maximum absolute atomic E-state index is 14.1. The number of anilines is 1. The second kappa shape index (κ2) is 7.92. The number of amides is 1. The van der Waals surface area contributed by atoms with Crippen LogP contribution in [0.4, 0.5) is 10.1 Å². The quantitative estimate of drug-likeness (QED) is 0.462. The SMILES string of the molecule is Cc1cc2c(cc1C(=O)N1CCc3cc(Cl)c(F)cc31)[nH]c(=O)c1cnc(C3CCOCC3)n12. The van der Waals surface area contributed by atoms with E-state index in [9.17, 15) is 14.0 Å². The monoisotopic (exact) mass is 480 g/mol. The first-order valence-corrected chi connectivity index (χ1v) is 11.7. The van der Waals surface area contributed by atoms with Crippen LogP contribution in [-0.4, -0.2) is 40.0 Å². The number of hydrogen-bond donors (Lipinski definition) is 1. The van der Waals surface area contributed by atoms with Gasteiger partial charge in [0.15, 0.2) is 0 Å². The van der Waals surface area contributed by atoms with Gasteiger partial charge in [-0.05, 0) is 61.6 Å². The number of nitrogens with one attached hydrogen (secondary N) is 1. The van der Waals surface area contributed by atoms with Gasteiger partial charge in [-0.15, -0.1) is 0 Å². The van der Waals surface area contributed by atoms with Crippen LogP contribution in [0, 0.1) is 12.7 Å². The van der Waals surface area contributed by atoms with E-state index >= 15 is 0 Å². The minimum absolute atomic E-state index is 0.0530. The minimum atomic E-state index is -0.553. The van der Waals surface area contributed by atoms with Crippen molar-refractivity contribution in [3.63, 3.8) is 0 Å². The first-order valence-electron chi connectivity index (χ1n) is 11.3. The number of rotatable bonds is 2. The summed E-state index contributed by atoms with van der Waals surface area (Å²) in [5, 5.41) is 0.0530. The summed E-state index contributed by atoms with van der Waals surface area (Å²) in [6, 6.07) is 6.52. The predicted molar refractivity (Wildman–Crippen MR) is 128 cm³/mol. The zero-order chi connectivity index (χ0) is 23.6. The van der Waals surface area contributed by atoms with E-state index in [0.29, 0.717) is 48.5 Å². The summed E-state index contributed by atoms with van der Waals surface area (Å²) < 4.78 is 21.5. The molecule has 6 rings (SSSR count). The lowest BCUT2D eigenvalue weighted by molar-refractivity contribution is 0.0835. The highest BCUT2D eigenvalue weighted by molar-refractivity contribution is 6.31. The summed E-state index contributed by atoms with van der Waals surface area (Å²) in [4.78, 5) is 35.5. The average Bonchev–Trinajstić information content (AvgIpc) is 3.45. The van der Waals surface area contributed by atoms with Crippen LogP contribution in [0.1, 0.15) is 46.1 Å². The fraction of sp³-hybridized carbons (Fsp3) is 0.320. The first kappa shape index (κ1) is 21.3. The molecule has 7 nitrogen and oxygen atoms in total. The van der Waals surface area contributed by atoms with Crippen molar-refractivity contribution in [2.45, 2.75) is 32.1 Å². The van der Waals surface area contributed by atoms with Crippen molar-refractivity contribution < 1.29 is 13.9 Å². The molecule has 2 aromatic heterocycles. The van der Waals surface area contributed by atoms with Gasteiger partial charge in [-0.3, -0.25) is 14.0 Å². The Balaban J connectivity index is 1.48. The zero-order valence-electron chi connectivity index (χ0n) is 18.5. The molecule has 9 heteroatoms. The number of halogens is 2. The largest absolute Gasteiger partial charge is 0.381 e. The molecule has 4 heterocycles. The molecule has 34 heavy (non-hydrogen) atoms. The number of hydrogen-bond acceptors (Lipinski definition) is 4. The standard InChI is InChI=1S/C25H22ClFN4O3/c1-13-8-21-19(29-24(32)22-12-28-23(31(21)22)14-3-6-34-7-4-14)10-16(13)25(33)30-5-2-15-9-17(26)18(27)11-20(15)30/h8-12,14H,2-7H2,1H3,(H,29,32). The van der Waals surface area contributed by atoms with Gasteiger partial charge in [-0.2, -0.15) is 0 Å². The van der Waals surface area contributed by atoms with Crippen LogP contribution >= 0.6 is 11.6 Å². The number of imidazole rings is 1. The van der Waals surface area contributed by atoms with Gasteiger partial charge < -0.3 is 14.6 Å². The minimum Gasteiger partial charge on any atom is -0.381 e. The molecule has 1 saturated heterocycles. The van der Waals surface area contributed by atoms with E-state index in [4.69, 9.17) is 16.3 Å². The maximum atomic E-state index is 14.1. The normalized spacial score (nSPS) is 16.5.